The number of hydrogen-bond donors (Lipinski definition) is 4. The number of aliphatic imine (C=N–C) groups is 1. The Labute approximate surface area is 213 Å². The molecule has 9 heteroatoms. The minimum Gasteiger partial charge on any atom is -0.497 e. The Morgan fingerprint density at radius 1 is 1.17 bits per heavy atom. The molecule has 35 heavy (non-hydrogen) atoms. The molecule has 1 amide bonds. The minimum atomic E-state index is -0.435. The SMILES string of the molecule is COc1ccc2c(c1)C(c1ccc(Cl)cc1)=N[C@@H](CC(=O)NCCCCCN)C(NN)N2C(C)C. The highest BCUT2D eigenvalue weighted by molar-refractivity contribution is 6.30. The van der Waals surface area contributed by atoms with E-state index in [0.717, 1.165) is 47.5 Å². The van der Waals surface area contributed by atoms with Gasteiger partial charge in [0.25, 0.3) is 0 Å². The lowest BCUT2D eigenvalue weighted by atomic mass is 9.99. The van der Waals surface area contributed by atoms with Gasteiger partial charge in [-0.05, 0) is 63.6 Å². The molecule has 3 rings (SSSR count). The zero-order valence-electron chi connectivity index (χ0n) is 20.8. The molecule has 1 heterocycles. The topological polar surface area (TPSA) is 118 Å². The number of nitrogens with one attached hydrogen (secondary N) is 2. The Hall–Kier alpha value is -2.65. The first-order valence-electron chi connectivity index (χ1n) is 12.1. The number of nitrogens with two attached hydrogens (primary N) is 2. The number of hydrogen-bond acceptors (Lipinski definition) is 7. The fraction of sp³-hybridized carbons (Fsp3) is 0.462. The van der Waals surface area contributed by atoms with E-state index in [2.05, 4.69) is 29.5 Å². The Bertz CT molecular complexity index is 1010. The number of carbonyl (C=O) groups is 1. The van der Waals surface area contributed by atoms with Crippen LogP contribution in [0.1, 0.15) is 50.7 Å². The maximum Gasteiger partial charge on any atom is 0.222 e. The molecule has 0 radical (unpaired) electrons. The standard InChI is InChI=1S/C26H37ClN6O2/c1-17(2)33-23-12-11-20(35-3)15-21(23)25(18-7-9-19(27)10-8-18)31-22(26(33)32-29)16-24(34)30-14-6-4-5-13-28/h7-12,15,17,22,26,32H,4-6,13-14,16,28-29H2,1-3H3,(H,30,34)/t22-,26?/m0/s1. The first-order valence-corrected chi connectivity index (χ1v) is 12.5. The van der Waals surface area contributed by atoms with Gasteiger partial charge in [-0.1, -0.05) is 30.2 Å². The van der Waals surface area contributed by atoms with Crippen molar-refractivity contribution in [1.29, 1.82) is 0 Å². The summed E-state index contributed by atoms with van der Waals surface area (Å²) in [6.45, 7) is 5.48. The van der Waals surface area contributed by atoms with Gasteiger partial charge in [-0.2, -0.15) is 0 Å². The van der Waals surface area contributed by atoms with Crippen molar-refractivity contribution >= 4 is 28.9 Å². The van der Waals surface area contributed by atoms with Crippen LogP contribution in [-0.2, 0) is 4.79 Å². The number of nitrogens with zero attached hydrogens (tertiary/aromatic N) is 2. The van der Waals surface area contributed by atoms with Gasteiger partial charge < -0.3 is 20.7 Å². The lowest BCUT2D eigenvalue weighted by Crippen LogP contribution is -2.58. The molecule has 190 valence electrons. The first-order chi connectivity index (χ1) is 16.9. The number of unbranched alkanes of at least 4 members (excludes halogenated alkanes) is 2. The number of hydrazine groups is 1. The average Bonchev–Trinajstić information content (AvgIpc) is 2.98. The van der Waals surface area contributed by atoms with Gasteiger partial charge >= 0.3 is 0 Å². The Kier molecular flexibility index (Phi) is 9.92. The molecule has 0 aliphatic carbocycles. The lowest BCUT2D eigenvalue weighted by molar-refractivity contribution is -0.121. The zero-order valence-corrected chi connectivity index (χ0v) is 21.5. The largest absolute Gasteiger partial charge is 0.497 e. The van der Waals surface area contributed by atoms with E-state index in [1.807, 2.05) is 42.5 Å². The van der Waals surface area contributed by atoms with Crippen LogP contribution in [0.4, 0.5) is 5.69 Å². The van der Waals surface area contributed by atoms with Crippen LogP contribution < -0.4 is 32.0 Å². The normalized spacial score (nSPS) is 17.6. The monoisotopic (exact) mass is 500 g/mol. The summed E-state index contributed by atoms with van der Waals surface area (Å²) < 4.78 is 5.53. The first kappa shape index (κ1) is 26.9. The van der Waals surface area contributed by atoms with Crippen LogP contribution in [0, 0.1) is 0 Å². The molecule has 1 aliphatic rings. The van der Waals surface area contributed by atoms with Gasteiger partial charge in [-0.3, -0.25) is 15.6 Å². The van der Waals surface area contributed by atoms with Crippen molar-refractivity contribution in [2.75, 3.05) is 25.1 Å². The summed E-state index contributed by atoms with van der Waals surface area (Å²) in [7, 11) is 1.64. The Morgan fingerprint density at radius 3 is 2.54 bits per heavy atom. The van der Waals surface area contributed by atoms with Crippen LogP contribution in [0.3, 0.4) is 0 Å². The van der Waals surface area contributed by atoms with Gasteiger partial charge in [0.05, 0.1) is 25.3 Å². The van der Waals surface area contributed by atoms with Crippen LogP contribution in [0.2, 0.25) is 5.02 Å². The second kappa shape index (κ2) is 12.9. The lowest BCUT2D eigenvalue weighted by Gasteiger charge is -2.38. The van der Waals surface area contributed by atoms with Gasteiger partial charge in [0.15, 0.2) is 0 Å². The fourth-order valence-corrected chi connectivity index (χ4v) is 4.55. The van der Waals surface area contributed by atoms with Gasteiger partial charge in [-0.15, -0.1) is 0 Å². The maximum atomic E-state index is 12.9. The summed E-state index contributed by atoms with van der Waals surface area (Å²) in [5.74, 6) is 6.75. The smallest absolute Gasteiger partial charge is 0.222 e. The third-order valence-electron chi connectivity index (χ3n) is 6.14. The van der Waals surface area contributed by atoms with Crippen molar-refractivity contribution < 1.29 is 9.53 Å². The van der Waals surface area contributed by atoms with Crippen molar-refractivity contribution in [1.82, 2.24) is 10.7 Å². The van der Waals surface area contributed by atoms with Crippen molar-refractivity contribution in [2.45, 2.75) is 57.8 Å². The molecule has 2 aromatic carbocycles. The van der Waals surface area contributed by atoms with E-state index in [-0.39, 0.29) is 18.4 Å². The predicted molar refractivity (Wildman–Crippen MR) is 143 cm³/mol. The summed E-state index contributed by atoms with van der Waals surface area (Å²) in [6, 6.07) is 13.1. The number of benzodiazepines with no additional fused rings is 1. The molecule has 0 bridgehead atoms. The number of anilines is 1. The molecule has 0 saturated heterocycles. The van der Waals surface area contributed by atoms with Gasteiger partial charge in [0, 0.05) is 34.4 Å². The van der Waals surface area contributed by atoms with Crippen molar-refractivity contribution in [3.05, 3.63) is 58.6 Å². The summed E-state index contributed by atoms with van der Waals surface area (Å²) in [4.78, 5) is 20.2. The summed E-state index contributed by atoms with van der Waals surface area (Å²) >= 11 is 6.16. The van der Waals surface area contributed by atoms with E-state index in [1.54, 1.807) is 7.11 Å². The van der Waals surface area contributed by atoms with Crippen molar-refractivity contribution in [3.63, 3.8) is 0 Å². The summed E-state index contributed by atoms with van der Waals surface area (Å²) in [5.41, 5.74) is 12.0. The third-order valence-corrected chi connectivity index (χ3v) is 6.39. The maximum absolute atomic E-state index is 12.9. The number of ether oxygens (including phenoxy) is 1. The highest BCUT2D eigenvalue weighted by Crippen LogP contribution is 2.35. The van der Waals surface area contributed by atoms with E-state index in [4.69, 9.17) is 32.9 Å². The number of carbonyl (C=O) groups excluding carboxylic acids is 1. The van der Waals surface area contributed by atoms with E-state index in [0.29, 0.717) is 18.1 Å². The quantitative estimate of drug-likeness (QED) is 0.214. The molecule has 0 aromatic heterocycles. The highest BCUT2D eigenvalue weighted by Gasteiger charge is 2.35. The number of methoxy groups -OCH3 is 1. The van der Waals surface area contributed by atoms with Crippen LogP contribution in [-0.4, -0.2) is 50.1 Å². The van der Waals surface area contributed by atoms with E-state index in [1.165, 1.54) is 0 Å². The van der Waals surface area contributed by atoms with Crippen molar-refractivity contribution in [2.24, 2.45) is 16.6 Å². The molecule has 2 atom stereocenters. The third kappa shape index (κ3) is 6.73. The van der Waals surface area contributed by atoms with Gasteiger partial charge in [0.1, 0.15) is 11.9 Å². The molecule has 1 unspecified atom stereocenters. The fourth-order valence-electron chi connectivity index (χ4n) is 4.42. The number of fused-ring (bicyclic) bond motifs is 1. The molecule has 0 saturated carbocycles. The number of halogens is 1. The minimum absolute atomic E-state index is 0.0607. The average molecular weight is 501 g/mol. The van der Waals surface area contributed by atoms with Crippen molar-refractivity contribution in [3.8, 4) is 5.75 Å². The van der Waals surface area contributed by atoms with Gasteiger partial charge in [0.2, 0.25) is 5.91 Å². The van der Waals surface area contributed by atoms with Gasteiger partial charge in [-0.25, -0.2) is 5.43 Å². The van der Waals surface area contributed by atoms with Crippen LogP contribution >= 0.6 is 11.6 Å². The number of rotatable bonds is 11. The molecule has 6 N–H and O–H groups in total. The molecule has 0 spiro atoms. The molecule has 1 aliphatic heterocycles. The summed E-state index contributed by atoms with van der Waals surface area (Å²) in [5, 5.41) is 3.67. The second-order valence-corrected chi connectivity index (χ2v) is 9.39. The second-order valence-electron chi connectivity index (χ2n) is 8.95. The summed E-state index contributed by atoms with van der Waals surface area (Å²) in [6.07, 6.45) is 2.64. The molecular weight excluding hydrogens is 464 g/mol. The molecular formula is C26H37ClN6O2. The molecule has 2 aromatic rings. The van der Waals surface area contributed by atoms with E-state index in [9.17, 15) is 4.79 Å². The molecule has 0 fully saturated rings. The van der Waals surface area contributed by atoms with E-state index < -0.39 is 12.2 Å². The molecule has 8 nitrogen and oxygen atoms in total. The number of benzene rings is 2. The number of amides is 1. The highest BCUT2D eigenvalue weighted by atomic mass is 35.5. The van der Waals surface area contributed by atoms with Crippen LogP contribution in [0.5, 0.6) is 5.75 Å². The Balaban J connectivity index is 2.04. The van der Waals surface area contributed by atoms with E-state index >= 15 is 0 Å². The zero-order chi connectivity index (χ0) is 25.4. The van der Waals surface area contributed by atoms with Crippen LogP contribution in [0.15, 0.2) is 47.5 Å². The Morgan fingerprint density at radius 2 is 1.91 bits per heavy atom. The van der Waals surface area contributed by atoms with Crippen LogP contribution in [0.25, 0.3) is 0 Å². The predicted octanol–water partition coefficient (Wildman–Crippen LogP) is 3.21.